The third kappa shape index (κ3) is 18.1. The van der Waals surface area contributed by atoms with E-state index in [1.54, 1.807) is 18.2 Å². The predicted molar refractivity (Wildman–Crippen MR) is 71.1 cm³/mol. The van der Waals surface area contributed by atoms with Crippen LogP contribution < -0.4 is 0 Å². The summed E-state index contributed by atoms with van der Waals surface area (Å²) in [5.74, 6) is 1.94. The fourth-order valence-corrected chi connectivity index (χ4v) is 2.28. The molecule has 5 heteroatoms. The van der Waals surface area contributed by atoms with Crippen LogP contribution in [0.1, 0.15) is 0 Å². The van der Waals surface area contributed by atoms with Gasteiger partial charge in [-0.15, -0.1) is 13.2 Å². The lowest BCUT2D eigenvalue weighted by Gasteiger charge is -2.02. The normalized spacial score (nSPS) is 10.7. The third-order valence-electron chi connectivity index (χ3n) is 0.764. The first-order chi connectivity index (χ1) is 6.72. The first-order valence-corrected chi connectivity index (χ1v) is 7.60. The van der Waals surface area contributed by atoms with E-state index >= 15 is 0 Å². The smallest absolute Gasteiger partial charge is 0.135 e. The average molecular weight is 252 g/mol. The van der Waals surface area contributed by atoms with Gasteiger partial charge in [0.15, 0.2) is 0 Å². The van der Waals surface area contributed by atoms with Gasteiger partial charge < -0.3 is 9.11 Å². The number of hydrogen-bond acceptors (Lipinski definition) is 4. The van der Waals surface area contributed by atoms with Crippen molar-refractivity contribution < 1.29 is 9.11 Å². The molecule has 0 aromatic heterocycles. The first kappa shape index (κ1) is 16.6. The van der Waals surface area contributed by atoms with Crippen LogP contribution in [0.25, 0.3) is 0 Å². The van der Waals surface area contributed by atoms with Gasteiger partial charge in [-0.25, -0.2) is 0 Å². The molecule has 0 aliphatic carbocycles. The van der Waals surface area contributed by atoms with Crippen LogP contribution in [0.3, 0.4) is 0 Å². The quantitative estimate of drug-likeness (QED) is 0.327. The lowest BCUT2D eigenvalue weighted by Crippen LogP contribution is -1.97. The zero-order valence-electron chi connectivity index (χ0n) is 8.05. The van der Waals surface area contributed by atoms with E-state index in [4.69, 9.17) is 4.55 Å². The molecule has 0 saturated carbocycles. The van der Waals surface area contributed by atoms with E-state index in [0.29, 0.717) is 11.5 Å². The van der Waals surface area contributed by atoms with Crippen molar-refractivity contribution in [1.29, 1.82) is 0 Å². The lowest BCUT2D eigenvalue weighted by molar-refractivity contribution is 0.612. The molecule has 0 aliphatic rings. The Balaban J connectivity index is 0. The molecule has 2 nitrogen and oxygen atoms in total. The van der Waals surface area contributed by atoms with Gasteiger partial charge in [0, 0.05) is 16.0 Å². The average Bonchev–Trinajstić information content (AvgIpc) is 2.17. The molecule has 0 amide bonds. The Labute approximate surface area is 97.3 Å². The van der Waals surface area contributed by atoms with E-state index in [1.807, 2.05) is 0 Å². The van der Waals surface area contributed by atoms with Gasteiger partial charge in [-0.05, 0) is 18.1 Å². The monoisotopic (exact) mass is 252 g/mol. The molecule has 0 spiro atoms. The molecule has 0 radical (unpaired) electrons. The molecule has 0 fully saturated rings. The Morgan fingerprint density at radius 1 is 1.14 bits per heavy atom. The third-order valence-corrected chi connectivity index (χ3v) is 3.90. The van der Waals surface area contributed by atoms with E-state index < -0.39 is 10.2 Å². The minimum Gasteiger partial charge on any atom is -0.605 e. The van der Waals surface area contributed by atoms with Crippen molar-refractivity contribution in [1.82, 2.24) is 0 Å². The minimum atomic E-state index is -0.793. The van der Waals surface area contributed by atoms with E-state index in [9.17, 15) is 4.55 Å². The summed E-state index contributed by atoms with van der Waals surface area (Å²) in [5, 5.41) is 0. The molecular formula is C9H16O2S3. The maximum atomic E-state index is 10.8. The summed E-state index contributed by atoms with van der Waals surface area (Å²) in [4.78, 5) is 0. The standard InChI is InChI=1S/C6H10OS2.C3H6OS/c1-3-5-8-9(7)6-4-2;1-2-3-5-4/h3-4H,1-2,5-6H2;2,4H,1,3H2. The van der Waals surface area contributed by atoms with Crippen molar-refractivity contribution in [3.05, 3.63) is 38.0 Å². The Morgan fingerprint density at radius 3 is 2.00 bits per heavy atom. The van der Waals surface area contributed by atoms with Crippen LogP contribution in [0.4, 0.5) is 0 Å². The van der Waals surface area contributed by atoms with Crippen LogP contribution in [0, 0.1) is 0 Å². The van der Waals surface area contributed by atoms with Gasteiger partial charge in [0.1, 0.15) is 5.75 Å². The summed E-state index contributed by atoms with van der Waals surface area (Å²) in [7, 11) is 0.591. The number of rotatable bonds is 7. The molecule has 0 saturated heterocycles. The summed E-state index contributed by atoms with van der Waals surface area (Å²) >= 11 is 0.784. The molecule has 0 aromatic carbocycles. The highest BCUT2D eigenvalue weighted by Crippen LogP contribution is 2.12. The molecule has 82 valence electrons. The van der Waals surface area contributed by atoms with Crippen LogP contribution in [0.15, 0.2) is 38.0 Å². The zero-order valence-corrected chi connectivity index (χ0v) is 10.5. The van der Waals surface area contributed by atoms with Crippen molar-refractivity contribution in [3.63, 3.8) is 0 Å². The highest BCUT2D eigenvalue weighted by atomic mass is 33.1. The fourth-order valence-electron chi connectivity index (χ4n) is 0.321. The molecule has 0 bridgehead atoms. The van der Waals surface area contributed by atoms with Gasteiger partial charge in [-0.2, -0.15) is 0 Å². The summed E-state index contributed by atoms with van der Waals surface area (Å²) in [6.07, 6.45) is 5.04. The van der Waals surface area contributed by atoms with E-state index in [0.717, 1.165) is 17.8 Å². The molecule has 0 aromatic rings. The van der Waals surface area contributed by atoms with Gasteiger partial charge in [0.2, 0.25) is 0 Å². The van der Waals surface area contributed by atoms with Gasteiger partial charge >= 0.3 is 0 Å². The predicted octanol–water partition coefficient (Wildman–Crippen LogP) is 3.13. The summed E-state index contributed by atoms with van der Waals surface area (Å²) in [6, 6.07) is 0. The topological polar surface area (TPSA) is 43.3 Å². The second-order valence-electron chi connectivity index (χ2n) is 1.92. The Hall–Kier alpha value is 0.190. The minimum absolute atomic E-state index is 0.568. The largest absolute Gasteiger partial charge is 0.605 e. The molecular weight excluding hydrogens is 236 g/mol. The molecule has 0 heterocycles. The van der Waals surface area contributed by atoms with Crippen molar-refractivity contribution in [2.24, 2.45) is 0 Å². The van der Waals surface area contributed by atoms with Crippen LogP contribution >= 0.6 is 22.8 Å². The first-order valence-electron chi connectivity index (χ1n) is 3.83. The van der Waals surface area contributed by atoms with Crippen LogP contribution in [0.2, 0.25) is 0 Å². The summed E-state index contributed by atoms with van der Waals surface area (Å²) in [6.45, 7) is 10.4. The van der Waals surface area contributed by atoms with Crippen LogP contribution in [-0.4, -0.2) is 26.4 Å². The fraction of sp³-hybridized carbons (Fsp3) is 0.333. The zero-order chi connectivity index (χ0) is 11.2. The second kappa shape index (κ2) is 15.7. The van der Waals surface area contributed by atoms with E-state index in [2.05, 4.69) is 19.7 Å². The molecule has 0 rings (SSSR count). The summed E-state index contributed by atoms with van der Waals surface area (Å²) < 4.78 is 18.7. The molecule has 1 atom stereocenters. The second-order valence-corrected chi connectivity index (χ2v) is 5.84. The Bertz CT molecular complexity index is 151. The molecule has 0 aliphatic heterocycles. The Morgan fingerprint density at radius 2 is 1.71 bits per heavy atom. The number of hydrogen-bond donors (Lipinski definition) is 1. The van der Waals surface area contributed by atoms with Crippen molar-refractivity contribution in [2.45, 2.75) is 0 Å². The highest BCUT2D eigenvalue weighted by Gasteiger charge is 2.01. The van der Waals surface area contributed by atoms with Crippen molar-refractivity contribution >= 4 is 33.0 Å². The van der Waals surface area contributed by atoms with Crippen molar-refractivity contribution in [3.8, 4) is 0 Å². The highest BCUT2D eigenvalue weighted by molar-refractivity contribution is 8.72. The van der Waals surface area contributed by atoms with E-state index in [-0.39, 0.29) is 0 Å². The Kier molecular flexibility index (Phi) is 18.6. The van der Waals surface area contributed by atoms with Crippen LogP contribution in [0.5, 0.6) is 0 Å². The maximum Gasteiger partial charge on any atom is 0.135 e. The summed E-state index contributed by atoms with van der Waals surface area (Å²) in [5.41, 5.74) is 0. The molecule has 1 N–H and O–H groups in total. The van der Waals surface area contributed by atoms with Gasteiger partial charge in [-0.1, -0.05) is 18.7 Å². The maximum absolute atomic E-state index is 10.8. The van der Waals surface area contributed by atoms with Gasteiger partial charge in [0.05, 0.1) is 16.5 Å². The van der Waals surface area contributed by atoms with Gasteiger partial charge in [0.25, 0.3) is 0 Å². The SMILES string of the molecule is C=CCSO.C=CCS[S+]([O-])CC=C. The lowest BCUT2D eigenvalue weighted by atomic mass is 10.8. The van der Waals surface area contributed by atoms with E-state index in [1.165, 1.54) is 10.8 Å². The molecule has 1 unspecified atom stereocenters. The molecule has 14 heavy (non-hydrogen) atoms. The van der Waals surface area contributed by atoms with Crippen LogP contribution in [-0.2, 0) is 10.2 Å². The van der Waals surface area contributed by atoms with Gasteiger partial charge in [-0.3, -0.25) is 0 Å². The van der Waals surface area contributed by atoms with Crippen molar-refractivity contribution in [2.75, 3.05) is 17.3 Å².